The van der Waals surface area contributed by atoms with Crippen molar-refractivity contribution in [3.8, 4) is 0 Å². The minimum Gasteiger partial charge on any atom is -0.380 e. The molecule has 1 heterocycles. The molecular formula is C46H67Cl3N6O14S2. The number of sulfonamides is 2. The summed E-state index contributed by atoms with van der Waals surface area (Å²) in [7, 11) is -3.81. The van der Waals surface area contributed by atoms with E-state index < -0.39 is 44.1 Å². The van der Waals surface area contributed by atoms with Gasteiger partial charge in [-0.05, 0) is 83.4 Å². The molecule has 0 radical (unpaired) electrons. The topological polar surface area (TPSA) is 253 Å². The van der Waals surface area contributed by atoms with Crippen molar-refractivity contribution in [2.24, 2.45) is 0 Å². The lowest BCUT2D eigenvalue weighted by atomic mass is 9.85. The fraction of sp³-hybridized carbons (Fsp3) is 0.565. The minimum absolute atomic E-state index is 0.0000701. The van der Waals surface area contributed by atoms with Crippen molar-refractivity contribution in [2.75, 3.05) is 133 Å². The van der Waals surface area contributed by atoms with E-state index in [1.807, 2.05) is 32.2 Å². The number of nitrogens with one attached hydrogen (secondary N) is 4. The summed E-state index contributed by atoms with van der Waals surface area (Å²) in [6.07, 6.45) is -4.03. The summed E-state index contributed by atoms with van der Waals surface area (Å²) in [6.45, 7) is 6.14. The van der Waals surface area contributed by atoms with E-state index in [4.69, 9.17) is 63.4 Å². The monoisotopic (exact) mass is 1100 g/mol. The van der Waals surface area contributed by atoms with Crippen molar-refractivity contribution >= 4 is 66.8 Å². The first kappa shape index (κ1) is 60.4. The van der Waals surface area contributed by atoms with Crippen LogP contribution in [0, 0.1) is 0 Å². The number of aliphatic hydroxyl groups is 2. The number of likely N-dealkylation sites (N-methyl/N-ethyl adjacent to an activating group) is 2. The summed E-state index contributed by atoms with van der Waals surface area (Å²) in [6, 6.07) is 17.1. The third-order valence-corrected chi connectivity index (χ3v) is 14.4. The van der Waals surface area contributed by atoms with Gasteiger partial charge in [-0.3, -0.25) is 9.59 Å². The Bertz CT molecular complexity index is 2340. The molecule has 6 N–H and O–H groups in total. The maximum Gasteiger partial charge on any atom is 0.252 e. The van der Waals surface area contributed by atoms with Gasteiger partial charge in [-0.25, -0.2) is 30.7 Å². The van der Waals surface area contributed by atoms with Gasteiger partial charge in [0, 0.05) is 68.8 Å². The number of hydrogen-bond acceptors (Lipinski definition) is 16. The van der Waals surface area contributed by atoms with Crippen molar-refractivity contribution in [2.45, 2.75) is 47.3 Å². The zero-order valence-corrected chi connectivity index (χ0v) is 44.1. The van der Waals surface area contributed by atoms with E-state index in [0.717, 1.165) is 22.3 Å². The molecule has 1 aliphatic heterocycles. The molecule has 0 fully saturated rings. The highest BCUT2D eigenvalue weighted by atomic mass is 35.5. The van der Waals surface area contributed by atoms with Crippen LogP contribution < -0.4 is 20.1 Å². The second kappa shape index (κ2) is 31.6. The molecular weight excluding hydrogens is 1030 g/mol. The molecule has 0 aliphatic carbocycles. The van der Waals surface area contributed by atoms with Crippen LogP contribution >= 0.6 is 35.0 Å². The zero-order valence-electron chi connectivity index (χ0n) is 40.2. The van der Waals surface area contributed by atoms with Crippen LogP contribution in [0.4, 0.5) is 0 Å². The number of halogens is 3. The average Bonchev–Trinajstić information content (AvgIpc) is 3.33. The lowest BCUT2D eigenvalue weighted by molar-refractivity contribution is -0.146. The number of amides is 2. The molecule has 0 saturated carbocycles. The molecule has 25 heteroatoms. The summed E-state index contributed by atoms with van der Waals surface area (Å²) in [5, 5.41) is 26.1. The van der Waals surface area contributed by atoms with Gasteiger partial charge in [0.15, 0.2) is 12.2 Å². The molecule has 3 aromatic carbocycles. The molecule has 0 aromatic heterocycles. The summed E-state index contributed by atoms with van der Waals surface area (Å²) in [4.78, 5) is 26.9. The van der Waals surface area contributed by atoms with Crippen LogP contribution in [0.3, 0.4) is 0 Å². The second-order valence-electron chi connectivity index (χ2n) is 16.5. The molecule has 0 unspecified atom stereocenters. The minimum atomic E-state index is -3.82. The Hall–Kier alpha value is -3.11. The highest BCUT2D eigenvalue weighted by Crippen LogP contribution is 2.39. The van der Waals surface area contributed by atoms with E-state index >= 15 is 0 Å². The van der Waals surface area contributed by atoms with E-state index in [1.165, 1.54) is 10.5 Å². The van der Waals surface area contributed by atoms with Crippen LogP contribution in [0.2, 0.25) is 10.0 Å². The summed E-state index contributed by atoms with van der Waals surface area (Å²) < 4.78 is 90.8. The number of nitrogens with zero attached hydrogens (tertiary/aromatic N) is 2. The molecule has 0 spiro atoms. The van der Waals surface area contributed by atoms with Crippen molar-refractivity contribution in [3.05, 3.63) is 93.0 Å². The van der Waals surface area contributed by atoms with Gasteiger partial charge in [-0.1, -0.05) is 54.4 Å². The molecule has 1 aliphatic rings. The van der Waals surface area contributed by atoms with Gasteiger partial charge < -0.3 is 54.2 Å². The first-order valence-electron chi connectivity index (χ1n) is 23.0. The van der Waals surface area contributed by atoms with Crippen LogP contribution in [-0.4, -0.2) is 193 Å². The molecule has 4 atom stereocenters. The van der Waals surface area contributed by atoms with E-state index in [1.54, 1.807) is 43.4 Å². The summed E-state index contributed by atoms with van der Waals surface area (Å²) in [5.41, 5.74) is 3.65. The van der Waals surface area contributed by atoms with Gasteiger partial charge in [-0.15, -0.1) is 0 Å². The normalized spacial score (nSPS) is 15.6. The van der Waals surface area contributed by atoms with Crippen molar-refractivity contribution in [3.63, 3.8) is 0 Å². The number of fused-ring (bicyclic) bond motifs is 1. The summed E-state index contributed by atoms with van der Waals surface area (Å²) in [5.74, 6) is -1.99. The van der Waals surface area contributed by atoms with Gasteiger partial charge in [0.1, 0.15) is 0 Å². The highest BCUT2D eigenvalue weighted by Gasteiger charge is 2.30. The third kappa shape index (κ3) is 21.3. The van der Waals surface area contributed by atoms with Crippen LogP contribution in [-0.2, 0) is 64.6 Å². The quantitative estimate of drug-likeness (QED) is 0.0364. The Balaban J connectivity index is 0.935. The average molecular weight is 1100 g/mol. The Morgan fingerprint density at radius 1 is 0.690 bits per heavy atom. The second-order valence-corrected chi connectivity index (χ2v) is 21.4. The van der Waals surface area contributed by atoms with E-state index in [2.05, 4.69) is 25.0 Å². The molecule has 2 amide bonds. The van der Waals surface area contributed by atoms with Gasteiger partial charge in [0.05, 0.1) is 89.1 Å². The lowest BCUT2D eigenvalue weighted by Crippen LogP contribution is -2.50. The van der Waals surface area contributed by atoms with Crippen molar-refractivity contribution < 1.29 is 65.1 Å². The highest BCUT2D eigenvalue weighted by molar-refractivity contribution is 7.89. The number of benzene rings is 3. The van der Waals surface area contributed by atoms with Crippen LogP contribution in [0.15, 0.2) is 70.5 Å². The zero-order chi connectivity index (χ0) is 51.8. The lowest BCUT2D eigenvalue weighted by Gasteiger charge is -2.33. The molecule has 71 heavy (non-hydrogen) atoms. The van der Waals surface area contributed by atoms with E-state index in [9.17, 15) is 36.6 Å². The fourth-order valence-corrected chi connectivity index (χ4v) is 10.1. The molecule has 0 saturated heterocycles. The molecule has 0 bridgehead atoms. The Kier molecular flexibility index (Phi) is 26.9. The van der Waals surface area contributed by atoms with E-state index in [-0.39, 0.29) is 127 Å². The predicted octanol–water partition coefficient (Wildman–Crippen LogP) is 2.07. The molecule has 398 valence electrons. The molecule has 20 nitrogen and oxygen atoms in total. The number of carbonyl (C=O) groups excluding carboxylic acids is 2. The van der Waals surface area contributed by atoms with Gasteiger partial charge >= 0.3 is 0 Å². The van der Waals surface area contributed by atoms with Gasteiger partial charge in [0.2, 0.25) is 20.0 Å². The van der Waals surface area contributed by atoms with Crippen molar-refractivity contribution in [1.29, 1.82) is 0 Å². The van der Waals surface area contributed by atoms with Crippen LogP contribution in [0.5, 0.6) is 0 Å². The maximum absolute atomic E-state index is 13.1. The largest absolute Gasteiger partial charge is 0.380 e. The van der Waals surface area contributed by atoms with Crippen LogP contribution in [0.25, 0.3) is 0 Å². The van der Waals surface area contributed by atoms with Gasteiger partial charge in [0.25, 0.3) is 11.8 Å². The SMILES string of the molecule is C[C@@H](CN(C)Cl)c1cccc(S(=O)(=O)NCCOCCOCCOCCNC(=O)[C@H](O)[C@@H](O)C(=O)NCCOCCOCCOCCNS(=O)(=O)c2cccc([C@@H]3CN(C)Cc4c(Cl)cc(Cl)cc43)c2)c1. The smallest absolute Gasteiger partial charge is 0.252 e. The Labute approximate surface area is 432 Å². The van der Waals surface area contributed by atoms with Gasteiger partial charge in [-0.2, -0.15) is 0 Å². The fourth-order valence-electron chi connectivity index (χ4n) is 7.24. The van der Waals surface area contributed by atoms with Crippen molar-refractivity contribution in [1.82, 2.24) is 29.4 Å². The third-order valence-electron chi connectivity index (χ3n) is 10.8. The Morgan fingerprint density at radius 2 is 1.14 bits per heavy atom. The standard InChI is InChI=1S/C46H67Cl3N6O14S2/c1-33(30-55(3)49)34-6-4-8-37(26-34)70(60,61)52-12-16-66-20-24-68-22-18-64-14-10-50-45(58)43(56)44(57)46(59)51-11-15-65-19-23-69-25-21-67-17-13-53-71(62,63)38-9-5-7-35(27-38)40-31-54(2)32-41-39(40)28-36(47)29-42(41)48/h4-9,26-29,33,40,43-44,52-53,56-57H,10-25,30-32H2,1-3H3,(H,50,58)(H,51,59)/t33-,40-,43+,44+/m0/s1. The van der Waals surface area contributed by atoms with E-state index in [0.29, 0.717) is 29.7 Å². The Morgan fingerprint density at radius 3 is 1.63 bits per heavy atom. The number of rotatable bonds is 35. The van der Waals surface area contributed by atoms with Crippen LogP contribution in [0.1, 0.15) is 41.0 Å². The molecule has 3 aromatic rings. The number of carbonyl (C=O) groups is 2. The first-order chi connectivity index (χ1) is 33.9. The maximum atomic E-state index is 13.1. The molecule has 4 rings (SSSR count). The number of aliphatic hydroxyl groups excluding tert-OH is 2. The number of ether oxygens (including phenoxy) is 6. The predicted molar refractivity (Wildman–Crippen MR) is 268 cm³/mol. The summed E-state index contributed by atoms with van der Waals surface area (Å²) >= 11 is 18.8. The first-order valence-corrected chi connectivity index (χ1v) is 27.1. The number of hydrogen-bond donors (Lipinski definition) is 6.